The minimum atomic E-state index is -0.166. The molecule has 0 bridgehead atoms. The van der Waals surface area contributed by atoms with Gasteiger partial charge in [0.15, 0.2) is 5.65 Å². The molecule has 2 aromatic heterocycles. The first-order valence-corrected chi connectivity index (χ1v) is 6.67. The number of rotatable bonds is 6. The van der Waals surface area contributed by atoms with Crippen molar-refractivity contribution in [1.82, 2.24) is 20.1 Å². The summed E-state index contributed by atoms with van der Waals surface area (Å²) in [6, 6.07) is 2.11. The molecule has 0 spiro atoms. The maximum absolute atomic E-state index is 11.0. The molecule has 0 radical (unpaired) electrons. The lowest BCUT2D eigenvalue weighted by Gasteiger charge is -2.04. The number of ether oxygens (including phenoxy) is 1. The Hall–Kier alpha value is -1.95. The van der Waals surface area contributed by atoms with Crippen LogP contribution in [0.2, 0.25) is 0 Å². The van der Waals surface area contributed by atoms with Crippen LogP contribution in [-0.2, 0) is 23.1 Å². The van der Waals surface area contributed by atoms with Crippen LogP contribution in [0.5, 0.6) is 0 Å². The summed E-state index contributed by atoms with van der Waals surface area (Å²) in [5.41, 5.74) is 3.01. The van der Waals surface area contributed by atoms with E-state index in [1.165, 1.54) is 7.11 Å². The zero-order valence-electron chi connectivity index (χ0n) is 12.1. The number of aryl methyl sites for hydroxylation is 2. The lowest BCUT2D eigenvalue weighted by atomic mass is 10.2. The molecule has 6 heteroatoms. The number of pyridine rings is 1. The van der Waals surface area contributed by atoms with Crippen LogP contribution in [0, 0.1) is 6.92 Å². The van der Waals surface area contributed by atoms with Gasteiger partial charge in [-0.3, -0.25) is 9.48 Å². The lowest BCUT2D eigenvalue weighted by Crippen LogP contribution is -2.16. The van der Waals surface area contributed by atoms with Gasteiger partial charge in [0.2, 0.25) is 0 Å². The van der Waals surface area contributed by atoms with E-state index in [4.69, 9.17) is 0 Å². The second-order valence-electron chi connectivity index (χ2n) is 4.78. The van der Waals surface area contributed by atoms with Crippen molar-refractivity contribution in [2.45, 2.75) is 26.3 Å². The zero-order chi connectivity index (χ0) is 14.5. The van der Waals surface area contributed by atoms with Gasteiger partial charge in [-0.2, -0.15) is 5.10 Å². The Kier molecular flexibility index (Phi) is 4.68. The zero-order valence-corrected chi connectivity index (χ0v) is 12.1. The fourth-order valence-corrected chi connectivity index (χ4v) is 2.14. The van der Waals surface area contributed by atoms with Crippen molar-refractivity contribution in [2.75, 3.05) is 13.7 Å². The van der Waals surface area contributed by atoms with Crippen LogP contribution in [0.25, 0.3) is 11.0 Å². The summed E-state index contributed by atoms with van der Waals surface area (Å²) in [7, 11) is 3.31. The summed E-state index contributed by atoms with van der Waals surface area (Å²) >= 11 is 0. The topological polar surface area (TPSA) is 69.0 Å². The Bertz CT molecular complexity index is 606. The molecule has 0 saturated carbocycles. The maximum Gasteiger partial charge on any atom is 0.305 e. The molecule has 2 heterocycles. The Morgan fingerprint density at radius 1 is 1.50 bits per heavy atom. The number of aromatic nitrogens is 3. The highest BCUT2D eigenvalue weighted by atomic mass is 16.5. The molecule has 0 aliphatic heterocycles. The van der Waals surface area contributed by atoms with Gasteiger partial charge in [0.25, 0.3) is 0 Å². The molecule has 0 aromatic carbocycles. The molecule has 2 aromatic rings. The Labute approximate surface area is 118 Å². The van der Waals surface area contributed by atoms with E-state index >= 15 is 0 Å². The Balaban J connectivity index is 1.87. The van der Waals surface area contributed by atoms with E-state index in [9.17, 15) is 4.79 Å². The van der Waals surface area contributed by atoms with Crippen LogP contribution in [0.4, 0.5) is 0 Å². The molecular formula is C14H20N4O2. The molecule has 0 atom stereocenters. The maximum atomic E-state index is 11.0. The van der Waals surface area contributed by atoms with Gasteiger partial charge in [0.1, 0.15) is 0 Å². The van der Waals surface area contributed by atoms with Crippen molar-refractivity contribution in [3.8, 4) is 0 Å². The van der Waals surface area contributed by atoms with Crippen LogP contribution < -0.4 is 5.32 Å². The summed E-state index contributed by atoms with van der Waals surface area (Å²) in [4.78, 5) is 15.4. The second-order valence-corrected chi connectivity index (χ2v) is 4.78. The van der Waals surface area contributed by atoms with Gasteiger partial charge in [-0.15, -0.1) is 0 Å². The summed E-state index contributed by atoms with van der Waals surface area (Å²) in [5, 5.41) is 8.73. The quantitative estimate of drug-likeness (QED) is 0.636. The van der Waals surface area contributed by atoms with Crippen molar-refractivity contribution in [1.29, 1.82) is 0 Å². The SMILES string of the molecule is COC(=O)CCCNCc1cnc2c(c1)c(C)nn2C. The Morgan fingerprint density at radius 2 is 2.30 bits per heavy atom. The summed E-state index contributed by atoms with van der Waals surface area (Å²) < 4.78 is 6.38. The fourth-order valence-electron chi connectivity index (χ4n) is 2.14. The molecule has 6 nitrogen and oxygen atoms in total. The molecule has 0 saturated heterocycles. The number of carbonyl (C=O) groups is 1. The third-order valence-corrected chi connectivity index (χ3v) is 3.21. The van der Waals surface area contributed by atoms with E-state index in [0.717, 1.165) is 41.8 Å². The van der Waals surface area contributed by atoms with Crippen molar-refractivity contribution in [3.63, 3.8) is 0 Å². The molecule has 108 valence electrons. The van der Waals surface area contributed by atoms with Crippen molar-refractivity contribution in [3.05, 3.63) is 23.5 Å². The molecule has 2 rings (SSSR count). The first-order chi connectivity index (χ1) is 9.61. The average molecular weight is 276 g/mol. The van der Waals surface area contributed by atoms with E-state index in [-0.39, 0.29) is 5.97 Å². The van der Waals surface area contributed by atoms with Gasteiger partial charge in [-0.05, 0) is 31.5 Å². The number of hydrogen-bond acceptors (Lipinski definition) is 5. The number of carbonyl (C=O) groups excluding carboxylic acids is 1. The minimum Gasteiger partial charge on any atom is -0.469 e. The highest BCUT2D eigenvalue weighted by Gasteiger charge is 2.06. The summed E-state index contributed by atoms with van der Waals surface area (Å²) in [6.07, 6.45) is 3.08. The molecule has 0 unspecified atom stereocenters. The minimum absolute atomic E-state index is 0.166. The van der Waals surface area contributed by atoms with Gasteiger partial charge >= 0.3 is 5.97 Å². The largest absolute Gasteiger partial charge is 0.469 e. The standard InChI is InChI=1S/C14H20N4O2/c1-10-12-7-11(9-16-14(12)18(2)17-10)8-15-6-4-5-13(19)20-3/h7,9,15H,4-6,8H2,1-3H3. The molecule has 0 amide bonds. The van der Waals surface area contributed by atoms with Crippen LogP contribution in [0.3, 0.4) is 0 Å². The molecule has 0 aliphatic carbocycles. The number of nitrogens with zero attached hydrogens (tertiary/aromatic N) is 3. The Morgan fingerprint density at radius 3 is 3.05 bits per heavy atom. The van der Waals surface area contributed by atoms with Gasteiger partial charge in [0, 0.05) is 31.6 Å². The van der Waals surface area contributed by atoms with Gasteiger partial charge in [-0.1, -0.05) is 0 Å². The predicted octanol–water partition coefficient (Wildman–Crippen LogP) is 1.32. The van der Waals surface area contributed by atoms with Crippen molar-refractivity contribution >= 4 is 17.0 Å². The van der Waals surface area contributed by atoms with E-state index in [1.54, 1.807) is 4.68 Å². The number of esters is 1. The van der Waals surface area contributed by atoms with Crippen LogP contribution in [0.15, 0.2) is 12.3 Å². The van der Waals surface area contributed by atoms with Crippen LogP contribution >= 0.6 is 0 Å². The first-order valence-electron chi connectivity index (χ1n) is 6.67. The third kappa shape index (κ3) is 3.33. The molecule has 20 heavy (non-hydrogen) atoms. The van der Waals surface area contributed by atoms with Gasteiger partial charge in [-0.25, -0.2) is 4.98 Å². The van der Waals surface area contributed by atoms with Crippen LogP contribution in [0.1, 0.15) is 24.1 Å². The van der Waals surface area contributed by atoms with Crippen LogP contribution in [-0.4, -0.2) is 34.4 Å². The monoisotopic (exact) mass is 276 g/mol. The van der Waals surface area contributed by atoms with E-state index in [1.807, 2.05) is 20.2 Å². The molecule has 0 aliphatic rings. The second kappa shape index (κ2) is 6.47. The molecule has 1 N–H and O–H groups in total. The summed E-state index contributed by atoms with van der Waals surface area (Å²) in [5.74, 6) is -0.166. The third-order valence-electron chi connectivity index (χ3n) is 3.21. The smallest absolute Gasteiger partial charge is 0.305 e. The van der Waals surface area contributed by atoms with Crippen molar-refractivity contribution in [2.24, 2.45) is 7.05 Å². The lowest BCUT2D eigenvalue weighted by molar-refractivity contribution is -0.140. The first kappa shape index (κ1) is 14.5. The highest BCUT2D eigenvalue weighted by molar-refractivity contribution is 5.78. The van der Waals surface area contributed by atoms with Gasteiger partial charge < -0.3 is 10.1 Å². The average Bonchev–Trinajstić information content (AvgIpc) is 2.73. The normalized spacial score (nSPS) is 10.9. The number of methoxy groups -OCH3 is 1. The molecular weight excluding hydrogens is 256 g/mol. The predicted molar refractivity (Wildman–Crippen MR) is 76.2 cm³/mol. The highest BCUT2D eigenvalue weighted by Crippen LogP contribution is 2.16. The van der Waals surface area contributed by atoms with E-state index in [0.29, 0.717) is 6.42 Å². The van der Waals surface area contributed by atoms with E-state index < -0.39 is 0 Å². The number of hydrogen-bond donors (Lipinski definition) is 1. The van der Waals surface area contributed by atoms with Crippen molar-refractivity contribution < 1.29 is 9.53 Å². The number of nitrogens with one attached hydrogen (secondary N) is 1. The van der Waals surface area contributed by atoms with Gasteiger partial charge in [0.05, 0.1) is 12.8 Å². The fraction of sp³-hybridized carbons (Fsp3) is 0.500. The molecule has 0 fully saturated rings. The summed E-state index contributed by atoms with van der Waals surface area (Å²) in [6.45, 7) is 3.50. The van der Waals surface area contributed by atoms with E-state index in [2.05, 4.69) is 26.2 Å². The number of fused-ring (bicyclic) bond motifs is 1.